The maximum Gasteiger partial charge on any atom is 0.273 e. The van der Waals surface area contributed by atoms with Crippen LogP contribution in [0.3, 0.4) is 0 Å². The van der Waals surface area contributed by atoms with Crippen LogP contribution in [0, 0.1) is 34.9 Å². The fourth-order valence-electron chi connectivity index (χ4n) is 19.0. The van der Waals surface area contributed by atoms with E-state index in [4.69, 9.17) is 14.2 Å². The molecule has 0 saturated carbocycles. The number of anilines is 18. The van der Waals surface area contributed by atoms with Crippen LogP contribution in [0.5, 0.6) is 34.5 Å². The van der Waals surface area contributed by atoms with Crippen molar-refractivity contribution in [1.29, 1.82) is 0 Å². The molecule has 0 N–H and O–H groups in total. The molecular formula is C100H57B3F6N6O3S2. The molecule has 0 bridgehead atoms. The van der Waals surface area contributed by atoms with Gasteiger partial charge in [0, 0.05) is 128 Å². The Bertz CT molecular complexity index is 7150. The molecule has 6 aliphatic heterocycles. The SMILES string of the molecule is Fc1cccc(F)c1N1c2cc3c(cc2B2c4sc5ccccc5c4Oc4cc(N(c5ccccc5)c5ccccc5)cc1c42)B1c2cc4c(cc2N(c2c(F)cccc2F)c2cc(N(c5ccccc5)c5ccccc5)cc(c21)N3c1c(F)cccc1F)Oc1cc(N(c2ccccc2)c2ccccc2)cc2c1B4c1sc3ccccc3c1O2. The largest absolute Gasteiger partial charge is 0.458 e. The first-order valence-corrected chi connectivity index (χ1v) is 41.1. The minimum Gasteiger partial charge on any atom is -0.458 e. The highest BCUT2D eigenvalue weighted by atomic mass is 32.1. The molecule has 0 amide bonds. The van der Waals surface area contributed by atoms with Crippen molar-refractivity contribution >= 4 is 213 Å². The highest BCUT2D eigenvalue weighted by Gasteiger charge is 2.53. The molecular weight excluding hydrogens is 1540 g/mol. The van der Waals surface area contributed by atoms with Crippen molar-refractivity contribution in [1.82, 2.24) is 0 Å². The van der Waals surface area contributed by atoms with Crippen molar-refractivity contribution in [3.63, 3.8) is 0 Å². The summed E-state index contributed by atoms with van der Waals surface area (Å²) in [6.45, 7) is -2.42. The number of fused-ring (bicyclic) bond motifs is 16. The molecule has 0 spiro atoms. The molecule has 2 aromatic heterocycles. The van der Waals surface area contributed by atoms with E-state index >= 15 is 26.3 Å². The topological polar surface area (TPSA) is 47.1 Å². The quantitative estimate of drug-likeness (QED) is 0.0879. The van der Waals surface area contributed by atoms with E-state index in [9.17, 15) is 0 Å². The van der Waals surface area contributed by atoms with Gasteiger partial charge < -0.3 is 43.6 Å². The van der Waals surface area contributed by atoms with Crippen LogP contribution in [0.1, 0.15) is 0 Å². The zero-order chi connectivity index (χ0) is 79.9. The number of ether oxygens (including phenoxy) is 3. The van der Waals surface area contributed by atoms with Crippen LogP contribution in [-0.2, 0) is 0 Å². The van der Waals surface area contributed by atoms with Crippen molar-refractivity contribution in [2.75, 3.05) is 29.4 Å². The Morgan fingerprint density at radius 3 is 0.925 bits per heavy atom. The van der Waals surface area contributed by atoms with Crippen LogP contribution >= 0.6 is 22.7 Å². The molecule has 18 aromatic rings. The molecule has 0 radical (unpaired) electrons. The summed E-state index contributed by atoms with van der Waals surface area (Å²) >= 11 is 3.15. The predicted octanol–water partition coefficient (Wildman–Crippen LogP) is 22.6. The van der Waals surface area contributed by atoms with Crippen molar-refractivity contribution < 1.29 is 40.6 Å². The van der Waals surface area contributed by atoms with Gasteiger partial charge >= 0.3 is 0 Å². The predicted molar refractivity (Wildman–Crippen MR) is 479 cm³/mol. The van der Waals surface area contributed by atoms with Gasteiger partial charge in [-0.1, -0.05) is 164 Å². The van der Waals surface area contributed by atoms with E-state index < -0.39 is 72.1 Å². The van der Waals surface area contributed by atoms with E-state index in [2.05, 4.69) is 34.1 Å². The van der Waals surface area contributed by atoms with Crippen molar-refractivity contribution in [3.05, 3.63) is 381 Å². The van der Waals surface area contributed by atoms with Crippen LogP contribution in [0.15, 0.2) is 346 Å². The number of halogens is 6. The lowest BCUT2D eigenvalue weighted by molar-refractivity contribution is 0.468. The number of benzene rings is 16. The first kappa shape index (κ1) is 69.7. The first-order chi connectivity index (χ1) is 59.0. The standard InChI is InChI=1S/C100H57B3F6N6O3S2/c104-73-40-23-41-74(105)94(73)113-79-56-80-71(102-92-84(114(80)95-75(106)42-24-43-76(95)107)50-65(111(60-30-11-3-12-31-60)61-32-13-4-14-33-61)51-86(92)117-97-67-38-19-21-46-89(67)119-99(97)102)54-69(79)101-70-55-72-85(57-81(70)115(96-77(108)44-25-45-78(96)109)83-49-64(48-82(113)91(83)101)110(58-26-7-1-8-27-58)59-28-9-2-10-29-59)116-87-52-66(112(62-34-15-5-16-35-62)63-36-17-6-18-37-63)53-88-93(87)103(72)100-98(118-88)68-39-20-22-47-90(68)120-100/h1-57H. The molecule has 0 saturated heterocycles. The number of hydrogen-bond acceptors (Lipinski definition) is 11. The summed E-state index contributed by atoms with van der Waals surface area (Å²) in [4.78, 5) is 11.0. The van der Waals surface area contributed by atoms with E-state index in [-0.39, 0.29) is 22.7 Å². The highest BCUT2D eigenvalue weighted by Crippen LogP contribution is 2.56. The van der Waals surface area contributed by atoms with Gasteiger partial charge in [-0.2, -0.15) is 0 Å². The first-order valence-electron chi connectivity index (χ1n) is 39.4. The lowest BCUT2D eigenvalue weighted by Crippen LogP contribution is -2.65. The molecule has 0 aliphatic carbocycles. The maximum atomic E-state index is 18.5. The van der Waals surface area contributed by atoms with Gasteiger partial charge in [-0.25, -0.2) is 26.3 Å². The van der Waals surface area contributed by atoms with Gasteiger partial charge in [0.25, 0.3) is 20.1 Å². The Labute approximate surface area is 693 Å². The number of rotatable bonds is 12. The van der Waals surface area contributed by atoms with Gasteiger partial charge in [-0.15, -0.1) is 22.7 Å². The number of thiophene rings is 2. The molecule has 24 rings (SSSR count). The van der Waals surface area contributed by atoms with E-state index in [1.165, 1.54) is 54.6 Å². The van der Waals surface area contributed by atoms with Crippen molar-refractivity contribution in [3.8, 4) is 34.5 Å². The fraction of sp³-hybridized carbons (Fsp3) is 0. The second-order valence-corrected chi connectivity index (χ2v) is 32.6. The molecule has 0 atom stereocenters. The van der Waals surface area contributed by atoms with E-state index in [0.717, 1.165) is 63.6 Å². The van der Waals surface area contributed by atoms with Crippen LogP contribution in [0.25, 0.3) is 20.2 Å². The van der Waals surface area contributed by atoms with E-state index in [0.29, 0.717) is 101 Å². The summed E-state index contributed by atoms with van der Waals surface area (Å²) < 4.78 is 136. The van der Waals surface area contributed by atoms with E-state index in [1.54, 1.807) is 37.4 Å². The minimum atomic E-state index is -1.03. The zero-order valence-electron chi connectivity index (χ0n) is 63.1. The summed E-state index contributed by atoms with van der Waals surface area (Å²) in [5, 5.41) is 1.74. The van der Waals surface area contributed by atoms with Crippen LogP contribution in [-0.4, -0.2) is 20.1 Å². The minimum absolute atomic E-state index is 0.213. The smallest absolute Gasteiger partial charge is 0.273 e. The third-order valence-corrected chi connectivity index (χ3v) is 26.3. The summed E-state index contributed by atoms with van der Waals surface area (Å²) in [5.74, 6) is -2.45. The summed E-state index contributed by atoms with van der Waals surface area (Å²) in [5.41, 5.74) is 10.7. The average Bonchev–Trinajstić information content (AvgIpc) is 0.875. The van der Waals surface area contributed by atoms with Crippen molar-refractivity contribution in [2.45, 2.75) is 0 Å². The number of hydrogen-bond donors (Lipinski definition) is 0. The van der Waals surface area contributed by atoms with Crippen LogP contribution < -0.4 is 91.4 Å². The maximum absolute atomic E-state index is 18.5. The Hall–Kier alpha value is -14.6. The molecule has 120 heavy (non-hydrogen) atoms. The van der Waals surface area contributed by atoms with Gasteiger partial charge in [0.15, 0.2) is 0 Å². The third-order valence-electron chi connectivity index (χ3n) is 23.9. The summed E-state index contributed by atoms with van der Waals surface area (Å²) in [6.07, 6.45) is 0. The second kappa shape index (κ2) is 27.0. The van der Waals surface area contributed by atoms with Gasteiger partial charge in [0.05, 0.1) is 17.1 Å². The molecule has 16 aromatic carbocycles. The molecule has 8 heterocycles. The monoisotopic (exact) mass is 1600 g/mol. The number of para-hydroxylation sites is 9. The summed E-state index contributed by atoms with van der Waals surface area (Å²) in [7, 11) is 0. The average molecular weight is 1600 g/mol. The highest BCUT2D eigenvalue weighted by molar-refractivity contribution is 7.34. The fourth-order valence-corrected chi connectivity index (χ4v) is 21.6. The Morgan fingerprint density at radius 2 is 0.533 bits per heavy atom. The van der Waals surface area contributed by atoms with Gasteiger partial charge in [0.1, 0.15) is 86.5 Å². The van der Waals surface area contributed by atoms with Crippen LogP contribution in [0.2, 0.25) is 0 Å². The van der Waals surface area contributed by atoms with Crippen molar-refractivity contribution in [2.24, 2.45) is 0 Å². The lowest BCUT2D eigenvalue weighted by atomic mass is 9.30. The Morgan fingerprint density at radius 1 is 0.233 bits per heavy atom. The summed E-state index contributed by atoms with van der Waals surface area (Å²) in [6, 6.07) is 106. The second-order valence-electron chi connectivity index (χ2n) is 30.5. The van der Waals surface area contributed by atoms with Gasteiger partial charge in [0.2, 0.25) is 0 Å². The molecule has 6 aliphatic rings. The molecule has 20 heteroatoms. The lowest BCUT2D eigenvalue weighted by Gasteiger charge is -2.47. The molecule has 0 fully saturated rings. The molecule has 9 nitrogen and oxygen atoms in total. The number of nitrogens with zero attached hydrogens (tertiary/aromatic N) is 6. The normalized spacial score (nSPS) is 13.2. The molecule has 568 valence electrons. The third kappa shape index (κ3) is 10.5. The zero-order valence-corrected chi connectivity index (χ0v) is 64.8. The van der Waals surface area contributed by atoms with Gasteiger partial charge in [-0.05, 0) is 191 Å². The Kier molecular flexibility index (Phi) is 15.7. The van der Waals surface area contributed by atoms with Crippen LogP contribution in [0.4, 0.5) is 129 Å². The van der Waals surface area contributed by atoms with E-state index in [1.807, 2.05) is 272 Å². The van der Waals surface area contributed by atoms with Gasteiger partial charge in [-0.3, -0.25) is 0 Å². The molecule has 0 unspecified atom stereocenters. The Balaban J connectivity index is 0.840.